The van der Waals surface area contributed by atoms with E-state index in [1.807, 2.05) is 11.8 Å². The van der Waals surface area contributed by atoms with E-state index < -0.39 is 13.3 Å². The van der Waals surface area contributed by atoms with Gasteiger partial charge in [-0.15, -0.1) is 0 Å². The molecular weight excluding hydrogens is 563 g/mol. The Kier molecular flexibility index (Phi) is 6.71. The van der Waals surface area contributed by atoms with E-state index in [-0.39, 0.29) is 5.41 Å². The SMILES string of the molecule is Cc1c2c(c(CC(C)C)c3ccc(CC(C)(C)C)cc13)Sc1cc3ccc[c]([Ge]([CH3])([CH3])[CH3])c3c3cc[n+](C)c-2c13. The van der Waals surface area contributed by atoms with Crippen LogP contribution < -0.4 is 8.96 Å². The number of pyridine rings is 1. The molecule has 0 aliphatic carbocycles. The molecule has 0 amide bonds. The number of rotatable bonds is 4. The Balaban J connectivity index is 1.76. The average Bonchev–Trinajstić information content (AvgIpc) is 2.85. The molecule has 0 spiro atoms. The molecule has 1 aliphatic rings. The molecule has 2 heterocycles. The van der Waals surface area contributed by atoms with Gasteiger partial charge in [-0.1, -0.05) is 20.8 Å². The zero-order valence-corrected chi connectivity index (χ0v) is 29.0. The van der Waals surface area contributed by atoms with Gasteiger partial charge in [-0.25, -0.2) is 0 Å². The second-order valence-corrected chi connectivity index (χ2v) is 26.3. The third-order valence-electron chi connectivity index (χ3n) is 8.52. The first-order valence-corrected chi connectivity index (χ1v) is 23.1. The van der Waals surface area contributed by atoms with E-state index in [0.717, 1.165) is 12.8 Å². The fraction of sp³-hybridized carbons (Fsp3) is 0.378. The monoisotopic (exact) mass is 608 g/mol. The summed E-state index contributed by atoms with van der Waals surface area (Å²) in [6.45, 7) is 14.1. The van der Waals surface area contributed by atoms with Crippen LogP contribution in [0.3, 0.4) is 0 Å². The molecule has 1 aliphatic heterocycles. The number of aromatic nitrogens is 1. The van der Waals surface area contributed by atoms with Crippen molar-refractivity contribution in [2.75, 3.05) is 0 Å². The predicted octanol–water partition coefficient (Wildman–Crippen LogP) is 9.74. The number of hydrogen-bond donors (Lipinski definition) is 0. The molecule has 206 valence electrons. The van der Waals surface area contributed by atoms with Gasteiger partial charge in [0, 0.05) is 0 Å². The van der Waals surface area contributed by atoms with Gasteiger partial charge in [0.05, 0.1) is 0 Å². The molecule has 1 aromatic heterocycles. The van der Waals surface area contributed by atoms with E-state index in [2.05, 4.69) is 125 Å². The summed E-state index contributed by atoms with van der Waals surface area (Å²) in [6.07, 6.45) is 4.50. The van der Waals surface area contributed by atoms with Gasteiger partial charge in [-0.3, -0.25) is 0 Å². The summed E-state index contributed by atoms with van der Waals surface area (Å²) >= 11 is -0.0801. The number of aryl methyl sites for hydroxylation is 2. The van der Waals surface area contributed by atoms with Crippen molar-refractivity contribution in [2.24, 2.45) is 18.4 Å². The molecule has 3 heteroatoms. The summed E-state index contributed by atoms with van der Waals surface area (Å²) in [6, 6.07) is 19.2. The van der Waals surface area contributed by atoms with Crippen LogP contribution in [0.2, 0.25) is 17.3 Å². The molecule has 0 unspecified atom stereocenters. The van der Waals surface area contributed by atoms with Crippen LogP contribution in [0.4, 0.5) is 0 Å². The van der Waals surface area contributed by atoms with Crippen LogP contribution in [0.1, 0.15) is 51.3 Å². The molecule has 4 aromatic carbocycles. The van der Waals surface area contributed by atoms with Crippen LogP contribution >= 0.6 is 11.8 Å². The van der Waals surface area contributed by atoms with Crippen LogP contribution in [0.5, 0.6) is 0 Å². The molecule has 0 atom stereocenters. The first kappa shape index (κ1) is 27.9. The Bertz CT molecular complexity index is 1830. The molecule has 0 bridgehead atoms. The third kappa shape index (κ3) is 4.60. The van der Waals surface area contributed by atoms with Gasteiger partial charge in [0.1, 0.15) is 0 Å². The van der Waals surface area contributed by atoms with Gasteiger partial charge < -0.3 is 0 Å². The fourth-order valence-electron chi connectivity index (χ4n) is 6.90. The summed E-state index contributed by atoms with van der Waals surface area (Å²) in [4.78, 5) is 2.88. The van der Waals surface area contributed by atoms with Gasteiger partial charge in [0.2, 0.25) is 0 Å². The second kappa shape index (κ2) is 9.63. The van der Waals surface area contributed by atoms with E-state index in [0.29, 0.717) is 5.92 Å². The number of fused-ring (bicyclic) bond motifs is 5. The van der Waals surface area contributed by atoms with Gasteiger partial charge in [-0.2, -0.15) is 0 Å². The topological polar surface area (TPSA) is 3.88 Å². The summed E-state index contributed by atoms with van der Waals surface area (Å²) < 4.78 is 4.01. The standard InChI is InChI=1S/C37H44GeNS/c1-22(2)18-29-26-15-14-24(21-37(4,5)6)19-28(26)23(3)32-35-34-27(16-17-39(35)10)33-25(20-31(34)40-36(29)32)12-11-13-30(33)38(7,8)9/h11-17,19-20,22H,18,21H2,1-10H3/q+1. The maximum absolute atomic E-state index is 2.53. The van der Waals surface area contributed by atoms with E-state index in [1.165, 1.54) is 70.1 Å². The quantitative estimate of drug-likeness (QED) is 0.110. The second-order valence-electron chi connectivity index (χ2n) is 14.7. The normalized spacial score (nSPS) is 13.6. The molecule has 0 N–H and O–H groups in total. The van der Waals surface area contributed by atoms with Crippen LogP contribution in [-0.2, 0) is 19.9 Å². The number of hydrogen-bond acceptors (Lipinski definition) is 1. The molecule has 6 rings (SSSR count). The first-order valence-electron chi connectivity index (χ1n) is 14.9. The van der Waals surface area contributed by atoms with E-state index in [4.69, 9.17) is 0 Å². The van der Waals surface area contributed by atoms with Crippen LogP contribution in [-0.4, -0.2) is 13.3 Å². The molecule has 5 aromatic rings. The van der Waals surface area contributed by atoms with Crippen LogP contribution in [0, 0.1) is 18.3 Å². The minimum atomic E-state index is -2.11. The summed E-state index contributed by atoms with van der Waals surface area (Å²) in [7, 11) is 2.25. The Hall–Kier alpha value is -2.30. The predicted molar refractivity (Wildman–Crippen MR) is 179 cm³/mol. The van der Waals surface area contributed by atoms with E-state index >= 15 is 0 Å². The molecule has 0 saturated heterocycles. The Morgan fingerprint density at radius 3 is 2.33 bits per heavy atom. The number of nitrogens with zero attached hydrogens (tertiary/aromatic N) is 1. The fourth-order valence-corrected chi connectivity index (χ4v) is 11.7. The maximum atomic E-state index is 2.53. The molecule has 40 heavy (non-hydrogen) atoms. The summed E-state index contributed by atoms with van der Waals surface area (Å²) in [5.74, 6) is 8.17. The van der Waals surface area contributed by atoms with Crippen molar-refractivity contribution in [3.8, 4) is 11.3 Å². The van der Waals surface area contributed by atoms with Crippen LogP contribution in [0.25, 0.3) is 43.6 Å². The minimum absolute atomic E-state index is 0.264. The van der Waals surface area contributed by atoms with E-state index in [9.17, 15) is 0 Å². The van der Waals surface area contributed by atoms with Crippen molar-refractivity contribution >= 4 is 61.7 Å². The van der Waals surface area contributed by atoms with Crippen molar-refractivity contribution in [3.05, 3.63) is 71.4 Å². The van der Waals surface area contributed by atoms with Gasteiger partial charge >= 0.3 is 228 Å². The Labute approximate surface area is 247 Å². The van der Waals surface area contributed by atoms with Crippen molar-refractivity contribution in [3.63, 3.8) is 0 Å². The van der Waals surface area contributed by atoms with E-state index in [1.54, 1.807) is 4.40 Å². The molecule has 0 fully saturated rings. The van der Waals surface area contributed by atoms with Gasteiger partial charge in [0.25, 0.3) is 0 Å². The number of benzene rings is 4. The Morgan fingerprint density at radius 1 is 0.900 bits per heavy atom. The van der Waals surface area contributed by atoms with Crippen molar-refractivity contribution in [1.29, 1.82) is 0 Å². The molecular formula is C37H44GeNS+. The Morgan fingerprint density at radius 2 is 1.65 bits per heavy atom. The molecule has 1 nitrogen and oxygen atoms in total. The summed E-state index contributed by atoms with van der Waals surface area (Å²) in [5, 5.41) is 8.64. The van der Waals surface area contributed by atoms with Crippen molar-refractivity contribution < 1.29 is 4.57 Å². The van der Waals surface area contributed by atoms with Crippen molar-refractivity contribution in [2.45, 2.75) is 81.4 Å². The zero-order chi connectivity index (χ0) is 28.7. The molecule has 0 saturated carbocycles. The molecule has 0 radical (unpaired) electrons. The van der Waals surface area contributed by atoms with Gasteiger partial charge in [0.15, 0.2) is 0 Å². The van der Waals surface area contributed by atoms with Gasteiger partial charge in [-0.05, 0) is 0 Å². The average molecular weight is 607 g/mol. The summed E-state index contributed by atoms with van der Waals surface area (Å²) in [5.41, 5.74) is 7.51. The zero-order valence-electron chi connectivity index (χ0n) is 26.0. The van der Waals surface area contributed by atoms with Crippen molar-refractivity contribution in [1.82, 2.24) is 0 Å². The van der Waals surface area contributed by atoms with Crippen LogP contribution in [0.15, 0.2) is 64.5 Å². The third-order valence-corrected chi connectivity index (χ3v) is 14.0. The first-order chi connectivity index (χ1) is 18.7.